The van der Waals surface area contributed by atoms with E-state index in [1.54, 1.807) is 12.3 Å². The number of unbranched alkanes of at least 4 members (excludes halogenated alkanes) is 1. The lowest BCUT2D eigenvalue weighted by Crippen LogP contribution is -2.20. The molecule has 1 atom stereocenters. The number of halogens is 6. The molecule has 9 heteroatoms. The molecule has 0 aliphatic carbocycles. The largest absolute Gasteiger partial charge is 0.416 e. The van der Waals surface area contributed by atoms with Gasteiger partial charge >= 0.3 is 12.4 Å². The summed E-state index contributed by atoms with van der Waals surface area (Å²) >= 11 is 0. The third-order valence-electron chi connectivity index (χ3n) is 4.80. The molecule has 1 heterocycles. The molecular weight excluding hydrogens is 408 g/mol. The van der Waals surface area contributed by atoms with Gasteiger partial charge in [-0.3, -0.25) is 4.98 Å². The molecule has 2 aromatic rings. The summed E-state index contributed by atoms with van der Waals surface area (Å²) < 4.78 is 78.0. The number of nitrogens with one attached hydrogen (secondary N) is 1. The van der Waals surface area contributed by atoms with Crippen LogP contribution < -0.4 is 11.1 Å². The Bertz CT molecular complexity index is 785. The van der Waals surface area contributed by atoms with E-state index in [9.17, 15) is 26.3 Å². The molecule has 0 aliphatic rings. The van der Waals surface area contributed by atoms with Crippen molar-refractivity contribution >= 4 is 0 Å². The molecule has 2 rings (SSSR count). The third-order valence-corrected chi connectivity index (χ3v) is 4.80. The Morgan fingerprint density at radius 3 is 2.17 bits per heavy atom. The van der Waals surface area contributed by atoms with Crippen LogP contribution in [0.25, 0.3) is 0 Å². The van der Waals surface area contributed by atoms with E-state index in [1.165, 1.54) is 0 Å². The standard InChI is InChI=1S/C21H25F6N3/c1-2-3-5-15(11-28)19-16(6-4-7-30-19)13-29-12-14-8-17(20(22,23)24)10-18(9-14)21(25,26)27/h4,6-10,15,29H,2-3,5,11-13,28H2,1H3. The Morgan fingerprint density at radius 1 is 1.00 bits per heavy atom. The number of hydrogen-bond donors (Lipinski definition) is 2. The van der Waals surface area contributed by atoms with E-state index in [1.807, 2.05) is 6.07 Å². The van der Waals surface area contributed by atoms with Crippen LogP contribution in [0, 0.1) is 0 Å². The number of nitrogens with zero attached hydrogens (tertiary/aromatic N) is 1. The van der Waals surface area contributed by atoms with E-state index in [4.69, 9.17) is 5.73 Å². The maximum absolute atomic E-state index is 13.0. The van der Waals surface area contributed by atoms with Crippen molar-refractivity contribution in [3.05, 3.63) is 64.5 Å². The van der Waals surface area contributed by atoms with Crippen molar-refractivity contribution in [3.63, 3.8) is 0 Å². The van der Waals surface area contributed by atoms with Crippen LogP contribution in [0.1, 0.15) is 60.1 Å². The summed E-state index contributed by atoms with van der Waals surface area (Å²) in [4.78, 5) is 4.40. The van der Waals surface area contributed by atoms with E-state index >= 15 is 0 Å². The second-order valence-corrected chi connectivity index (χ2v) is 7.14. The lowest BCUT2D eigenvalue weighted by molar-refractivity contribution is -0.143. The summed E-state index contributed by atoms with van der Waals surface area (Å²) in [5.41, 5.74) is 4.77. The van der Waals surface area contributed by atoms with Crippen LogP contribution in [0.2, 0.25) is 0 Å². The van der Waals surface area contributed by atoms with Crippen molar-refractivity contribution in [1.29, 1.82) is 0 Å². The van der Waals surface area contributed by atoms with Crippen LogP contribution in [-0.4, -0.2) is 11.5 Å². The summed E-state index contributed by atoms with van der Waals surface area (Å²) in [6, 6.07) is 5.16. The van der Waals surface area contributed by atoms with Gasteiger partial charge in [-0.2, -0.15) is 26.3 Å². The summed E-state index contributed by atoms with van der Waals surface area (Å²) in [7, 11) is 0. The van der Waals surface area contributed by atoms with Gasteiger partial charge in [0.1, 0.15) is 0 Å². The summed E-state index contributed by atoms with van der Waals surface area (Å²) in [6.07, 6.45) is -5.22. The lowest BCUT2D eigenvalue weighted by atomic mass is 9.94. The predicted octanol–water partition coefficient (Wildman–Crippen LogP) is 5.64. The highest BCUT2D eigenvalue weighted by atomic mass is 19.4. The molecule has 1 aromatic carbocycles. The highest BCUT2D eigenvalue weighted by molar-refractivity contribution is 5.33. The minimum absolute atomic E-state index is 0.0494. The molecule has 0 saturated heterocycles. The first-order valence-corrected chi connectivity index (χ1v) is 9.69. The van der Waals surface area contributed by atoms with Crippen LogP contribution >= 0.6 is 0 Å². The molecule has 0 bridgehead atoms. The number of hydrogen-bond acceptors (Lipinski definition) is 3. The minimum Gasteiger partial charge on any atom is -0.330 e. The number of rotatable bonds is 9. The Hall–Kier alpha value is -2.13. The van der Waals surface area contributed by atoms with Crippen molar-refractivity contribution < 1.29 is 26.3 Å². The number of pyridine rings is 1. The number of alkyl halides is 6. The highest BCUT2D eigenvalue weighted by Gasteiger charge is 2.36. The van der Waals surface area contributed by atoms with Crippen molar-refractivity contribution in [1.82, 2.24) is 10.3 Å². The maximum atomic E-state index is 13.0. The fourth-order valence-electron chi connectivity index (χ4n) is 3.25. The van der Waals surface area contributed by atoms with E-state index in [0.717, 1.165) is 42.7 Å². The molecule has 3 nitrogen and oxygen atoms in total. The fraction of sp³-hybridized carbons (Fsp3) is 0.476. The number of benzene rings is 1. The zero-order valence-corrected chi connectivity index (χ0v) is 16.6. The molecule has 30 heavy (non-hydrogen) atoms. The quantitative estimate of drug-likeness (QED) is 0.503. The van der Waals surface area contributed by atoms with Gasteiger partial charge in [-0.05, 0) is 41.8 Å². The molecule has 0 aliphatic heterocycles. The van der Waals surface area contributed by atoms with Gasteiger partial charge in [0.15, 0.2) is 0 Å². The van der Waals surface area contributed by atoms with Gasteiger partial charge in [0.05, 0.1) is 11.1 Å². The third kappa shape index (κ3) is 6.70. The Kier molecular flexibility index (Phi) is 8.25. The van der Waals surface area contributed by atoms with Crippen LogP contribution in [0.4, 0.5) is 26.3 Å². The predicted molar refractivity (Wildman–Crippen MR) is 103 cm³/mol. The number of aromatic nitrogens is 1. The SMILES string of the molecule is CCCCC(CN)c1ncccc1CNCc1cc(C(F)(F)F)cc(C(F)(F)F)c1. The molecule has 0 spiro atoms. The maximum Gasteiger partial charge on any atom is 0.416 e. The van der Waals surface area contributed by atoms with Gasteiger partial charge in [0, 0.05) is 37.4 Å². The summed E-state index contributed by atoms with van der Waals surface area (Å²) in [6.45, 7) is 2.58. The molecule has 0 fully saturated rings. The Balaban J connectivity index is 2.17. The zero-order valence-electron chi connectivity index (χ0n) is 16.6. The number of nitrogens with two attached hydrogens (primary N) is 1. The zero-order chi connectivity index (χ0) is 22.4. The topological polar surface area (TPSA) is 50.9 Å². The van der Waals surface area contributed by atoms with Crippen molar-refractivity contribution in [3.8, 4) is 0 Å². The van der Waals surface area contributed by atoms with Crippen molar-refractivity contribution in [2.75, 3.05) is 6.54 Å². The average molecular weight is 433 g/mol. The first-order chi connectivity index (χ1) is 14.1. The molecule has 1 aromatic heterocycles. The second kappa shape index (κ2) is 10.3. The highest BCUT2D eigenvalue weighted by Crippen LogP contribution is 2.36. The molecule has 1 unspecified atom stereocenters. The first-order valence-electron chi connectivity index (χ1n) is 9.69. The smallest absolute Gasteiger partial charge is 0.330 e. The van der Waals surface area contributed by atoms with Crippen molar-refractivity contribution in [2.45, 2.75) is 57.5 Å². The molecule has 166 valence electrons. The van der Waals surface area contributed by atoms with Gasteiger partial charge in [-0.25, -0.2) is 0 Å². The molecule has 0 radical (unpaired) electrons. The Labute approximate surface area is 171 Å². The van der Waals surface area contributed by atoms with Gasteiger partial charge < -0.3 is 11.1 Å². The van der Waals surface area contributed by atoms with Gasteiger partial charge in [0.25, 0.3) is 0 Å². The first kappa shape index (κ1) is 24.1. The van der Waals surface area contributed by atoms with E-state index in [2.05, 4.69) is 17.2 Å². The van der Waals surface area contributed by atoms with Crippen molar-refractivity contribution in [2.24, 2.45) is 5.73 Å². The van der Waals surface area contributed by atoms with Gasteiger partial charge in [-0.1, -0.05) is 25.8 Å². The van der Waals surface area contributed by atoms with Gasteiger partial charge in [0.2, 0.25) is 0 Å². The van der Waals surface area contributed by atoms with Gasteiger partial charge in [-0.15, -0.1) is 0 Å². The normalized spacial score (nSPS) is 13.5. The lowest BCUT2D eigenvalue weighted by Gasteiger charge is -2.18. The van der Waals surface area contributed by atoms with Crippen LogP contribution in [-0.2, 0) is 25.4 Å². The molecular formula is C21H25F6N3. The molecule has 0 amide bonds. The van der Waals surface area contributed by atoms with Crippen LogP contribution in [0.3, 0.4) is 0 Å². The van der Waals surface area contributed by atoms with E-state index in [-0.39, 0.29) is 30.6 Å². The molecule has 3 N–H and O–H groups in total. The average Bonchev–Trinajstić information content (AvgIpc) is 2.68. The van der Waals surface area contributed by atoms with E-state index in [0.29, 0.717) is 6.54 Å². The van der Waals surface area contributed by atoms with Crippen LogP contribution in [0.15, 0.2) is 36.5 Å². The molecule has 0 saturated carbocycles. The summed E-state index contributed by atoms with van der Waals surface area (Å²) in [5.74, 6) is 0.0494. The summed E-state index contributed by atoms with van der Waals surface area (Å²) in [5, 5.41) is 2.94. The monoisotopic (exact) mass is 433 g/mol. The van der Waals surface area contributed by atoms with E-state index < -0.39 is 23.5 Å². The van der Waals surface area contributed by atoms with Crippen LogP contribution in [0.5, 0.6) is 0 Å². The second-order valence-electron chi connectivity index (χ2n) is 7.14. The fourth-order valence-corrected chi connectivity index (χ4v) is 3.25. The minimum atomic E-state index is -4.86. The Morgan fingerprint density at radius 2 is 1.63 bits per heavy atom.